The lowest BCUT2D eigenvalue weighted by Crippen LogP contribution is -2.66. The summed E-state index contributed by atoms with van der Waals surface area (Å²) in [5, 5.41) is 30.5. The molecule has 92 heavy (non-hydrogen) atoms. The Kier molecular flexibility index (Phi) is 19.4. The van der Waals surface area contributed by atoms with Crippen molar-refractivity contribution in [3.05, 3.63) is 126 Å². The lowest BCUT2D eigenvalue weighted by molar-refractivity contribution is -0.144. The number of hydrogen-bond donors (Lipinski definition) is 2. The van der Waals surface area contributed by atoms with Crippen LogP contribution in [0.25, 0.3) is 33.3 Å². The first kappa shape index (κ1) is 67.9. The van der Waals surface area contributed by atoms with Gasteiger partial charge in [0.15, 0.2) is 23.0 Å². The maximum absolute atomic E-state index is 14.5. The van der Waals surface area contributed by atoms with Crippen LogP contribution in [0.1, 0.15) is 113 Å². The van der Waals surface area contributed by atoms with Crippen LogP contribution in [-0.2, 0) is 32.7 Å². The number of alkyl halides is 6. The molecule has 13 rings (SSSR count). The van der Waals surface area contributed by atoms with Crippen LogP contribution in [0.5, 0.6) is 0 Å². The number of nitrogens with zero attached hydrogens (tertiary/aromatic N) is 16. The molecule has 0 bridgehead atoms. The molecule has 0 saturated carbocycles. The van der Waals surface area contributed by atoms with Gasteiger partial charge >= 0.3 is 19.5 Å². The summed E-state index contributed by atoms with van der Waals surface area (Å²) in [5.41, 5.74) is -2.83. The van der Waals surface area contributed by atoms with Crippen molar-refractivity contribution in [1.82, 2.24) is 79.0 Å². The van der Waals surface area contributed by atoms with Gasteiger partial charge in [0.05, 0.1) is 64.6 Å². The minimum absolute atomic E-state index is 0. The van der Waals surface area contributed by atoms with Gasteiger partial charge in [0.1, 0.15) is 40.2 Å². The van der Waals surface area contributed by atoms with E-state index in [9.17, 15) is 55.2 Å². The van der Waals surface area contributed by atoms with E-state index >= 15 is 0 Å². The number of fused-ring (bicyclic) bond motifs is 2. The molecular formula is C60H66BClF8N18O4. The molecule has 32 heteroatoms. The smallest absolute Gasteiger partial charge is 0.399 e. The first-order valence-electron chi connectivity index (χ1n) is 28.7. The number of carbonyl (C=O) groups excluding carboxylic acids is 2. The van der Waals surface area contributed by atoms with Crippen molar-refractivity contribution in [3.63, 3.8) is 0 Å². The highest BCUT2D eigenvalue weighted by Crippen LogP contribution is 2.41. The molecule has 0 radical (unpaired) electrons. The standard InChI is InChI=1S/C26H31BF4N6O3.C26H23F4N9O.C6H4ClN3.2CH4/c1-23(2)24(3,4)40-27(39-23)17-13-34-37(14-17)25(8-9-32)15-36(16-25)18-6-11-35(12-7-18)22(38)19-5-10-33-21(20(19)28)26(29,30)31;27-20-18(1-7-32-22(20)26(28,29)30)24(40)37-9-3-17(4-10-37)38-13-25(14-38,5-6-31)39-12-16(11-36-39)21-19-2-8-33-23(19)35-15-34-21;7-5-4-1-2-8-6(4)10-3-9-5;;/h5,10,13-14,18H,6-8,11-12,15-16H2,1-4H3;1-2,7-8,11-12,15,17H,3-5,9-10,13-14H2,(H,33,34,35);1-3H,(H,8,9,10);2*1H4. The van der Waals surface area contributed by atoms with Crippen LogP contribution >= 0.6 is 11.6 Å². The Labute approximate surface area is 529 Å². The quantitative estimate of drug-likeness (QED) is 0.0734. The third-order valence-corrected chi connectivity index (χ3v) is 18.0. The number of carbonyl (C=O) groups is 2. The number of amides is 2. The van der Waals surface area contributed by atoms with Crippen LogP contribution in [0.2, 0.25) is 5.15 Å². The van der Waals surface area contributed by atoms with E-state index in [1.165, 1.54) is 22.5 Å². The first-order chi connectivity index (χ1) is 42.7. The van der Waals surface area contributed by atoms with E-state index in [0.29, 0.717) is 57.0 Å². The summed E-state index contributed by atoms with van der Waals surface area (Å²) < 4.78 is 123. The SMILES string of the molecule is C.C.CC1(C)OB(c2cnn(C3(CC#N)CN(C4CCN(C(=O)c5ccnc(C(F)(F)F)c5F)CC4)C3)c2)OC1(C)C.Clc1ncnc2[nH]ccc12.N#CCC1(n2cc(-c3ncnc4[nH]ccc34)cn2)CN(C2CCN(C(=O)c3ccnc(C(F)(F)F)c3F)CC2)C1. The third kappa shape index (κ3) is 13.1. The molecule has 0 atom stereocenters. The average molecular weight is 1300 g/mol. The van der Waals surface area contributed by atoms with Crippen LogP contribution in [0.4, 0.5) is 35.1 Å². The monoisotopic (exact) mass is 1300 g/mol. The molecule has 5 fully saturated rings. The lowest BCUT2D eigenvalue weighted by atomic mass is 9.81. The van der Waals surface area contributed by atoms with E-state index in [-0.39, 0.29) is 66.0 Å². The van der Waals surface area contributed by atoms with Gasteiger partial charge in [-0.3, -0.25) is 28.8 Å². The van der Waals surface area contributed by atoms with E-state index < -0.39 is 87.7 Å². The summed E-state index contributed by atoms with van der Waals surface area (Å²) in [4.78, 5) is 61.4. The van der Waals surface area contributed by atoms with Gasteiger partial charge in [-0.25, -0.2) is 38.7 Å². The molecule has 486 valence electrons. The summed E-state index contributed by atoms with van der Waals surface area (Å²) in [6, 6.07) is 10.5. The van der Waals surface area contributed by atoms with Crippen molar-refractivity contribution in [2.75, 3.05) is 52.4 Å². The summed E-state index contributed by atoms with van der Waals surface area (Å²) in [6.07, 6.45) is 8.12. The van der Waals surface area contributed by atoms with Crippen molar-refractivity contribution in [1.29, 1.82) is 10.5 Å². The number of piperidine rings is 2. The number of H-pyrrole nitrogens is 2. The number of aromatic amines is 2. The number of likely N-dealkylation sites (tertiary alicyclic amines) is 4. The molecule has 13 heterocycles. The summed E-state index contributed by atoms with van der Waals surface area (Å²) >= 11 is 5.73. The Morgan fingerprint density at radius 3 is 1.53 bits per heavy atom. The van der Waals surface area contributed by atoms with Gasteiger partial charge in [0.2, 0.25) is 0 Å². The number of hydrogen-bond acceptors (Lipinski definition) is 16. The van der Waals surface area contributed by atoms with Crippen LogP contribution in [0.15, 0.2) is 86.5 Å². The van der Waals surface area contributed by atoms with Gasteiger partial charge in [-0.05, 0) is 77.6 Å². The van der Waals surface area contributed by atoms with Gasteiger partial charge < -0.3 is 29.1 Å². The van der Waals surface area contributed by atoms with E-state index in [0.717, 1.165) is 63.3 Å². The zero-order valence-electron chi connectivity index (χ0n) is 48.9. The fraction of sp³-hybridized carbons (Fsp3) is 0.467. The zero-order chi connectivity index (χ0) is 64.1. The fourth-order valence-corrected chi connectivity index (χ4v) is 12.3. The molecule has 22 nitrogen and oxygen atoms in total. The Hall–Kier alpha value is -8.49. The maximum atomic E-state index is 14.5. The zero-order valence-corrected chi connectivity index (χ0v) is 49.7. The summed E-state index contributed by atoms with van der Waals surface area (Å²) in [5.74, 6) is -4.86. The van der Waals surface area contributed by atoms with Crippen LogP contribution in [0, 0.1) is 34.3 Å². The summed E-state index contributed by atoms with van der Waals surface area (Å²) in [6.45, 7) is 11.3. The molecular weight excluding hydrogens is 1240 g/mol. The van der Waals surface area contributed by atoms with Gasteiger partial charge in [-0.15, -0.1) is 0 Å². The van der Waals surface area contributed by atoms with Crippen molar-refractivity contribution < 1.29 is 54.0 Å². The second-order valence-corrected chi connectivity index (χ2v) is 24.2. The number of aromatic nitrogens is 12. The normalized spacial score (nSPS) is 18.8. The minimum Gasteiger partial charge on any atom is -0.399 e. The van der Waals surface area contributed by atoms with Crippen molar-refractivity contribution >= 4 is 58.1 Å². The minimum atomic E-state index is -4.99. The lowest BCUT2D eigenvalue weighted by Gasteiger charge is -2.53. The van der Waals surface area contributed by atoms with E-state index in [4.69, 9.17) is 20.9 Å². The van der Waals surface area contributed by atoms with Gasteiger partial charge in [0, 0.05) is 124 Å². The van der Waals surface area contributed by atoms with Crippen LogP contribution in [-0.4, -0.2) is 174 Å². The van der Waals surface area contributed by atoms with Crippen LogP contribution in [0.3, 0.4) is 0 Å². The predicted octanol–water partition coefficient (Wildman–Crippen LogP) is 9.45. The Balaban J connectivity index is 0.000000185. The number of rotatable bonds is 10. The third-order valence-electron chi connectivity index (χ3n) is 17.7. The largest absolute Gasteiger partial charge is 0.498 e. The molecule has 0 spiro atoms. The first-order valence-corrected chi connectivity index (χ1v) is 29.0. The molecule has 2 N–H and O–H groups in total. The highest BCUT2D eigenvalue weighted by molar-refractivity contribution is 6.62. The predicted molar refractivity (Wildman–Crippen MR) is 321 cm³/mol. The second-order valence-electron chi connectivity index (χ2n) is 23.9. The maximum Gasteiger partial charge on any atom is 0.498 e. The van der Waals surface area contributed by atoms with Crippen molar-refractivity contribution in [3.8, 4) is 23.4 Å². The second kappa shape index (κ2) is 26.3. The van der Waals surface area contributed by atoms with Gasteiger partial charge in [-0.2, -0.15) is 47.1 Å². The fourth-order valence-electron chi connectivity index (χ4n) is 12.1. The molecule has 0 unspecified atom stereocenters. The van der Waals surface area contributed by atoms with E-state index in [1.807, 2.05) is 61.6 Å². The number of nitrogens with one attached hydrogen (secondary N) is 2. The number of halogens is 9. The topological polar surface area (TPSA) is 258 Å². The molecule has 0 aliphatic carbocycles. The molecule has 0 aromatic carbocycles. The molecule has 8 aromatic rings. The Morgan fingerprint density at radius 2 is 1.08 bits per heavy atom. The average Bonchev–Trinajstić information content (AvgIpc) is 1.34. The van der Waals surface area contributed by atoms with Gasteiger partial charge in [0.25, 0.3) is 11.8 Å². The Morgan fingerprint density at radius 1 is 0.641 bits per heavy atom. The molecule has 2 amide bonds. The molecule has 8 aromatic heterocycles. The van der Waals surface area contributed by atoms with Crippen molar-refractivity contribution in [2.45, 2.75) is 128 Å². The Bertz CT molecular complexity index is 4020. The van der Waals surface area contributed by atoms with E-state index in [1.54, 1.807) is 24.8 Å². The van der Waals surface area contributed by atoms with Gasteiger partial charge in [-0.1, -0.05) is 26.5 Å². The highest BCUT2D eigenvalue weighted by atomic mass is 35.5. The van der Waals surface area contributed by atoms with E-state index in [2.05, 4.69) is 72.0 Å². The number of pyridine rings is 2. The highest BCUT2D eigenvalue weighted by Gasteiger charge is 2.54. The molecule has 5 aliphatic heterocycles. The van der Waals surface area contributed by atoms with Crippen molar-refractivity contribution in [2.24, 2.45) is 0 Å². The molecule has 5 aliphatic rings. The number of nitriles is 2. The summed E-state index contributed by atoms with van der Waals surface area (Å²) in [7, 11) is -0.562. The van der Waals surface area contributed by atoms with Crippen LogP contribution < -0.4 is 5.46 Å². The molecule has 5 saturated heterocycles.